The van der Waals surface area contributed by atoms with E-state index < -0.39 is 0 Å². The molecule has 0 aromatic carbocycles. The van der Waals surface area contributed by atoms with Crippen molar-refractivity contribution in [3.05, 3.63) is 47.7 Å². The Balaban J connectivity index is 1.53. The molecule has 2 saturated heterocycles. The molecular weight excluding hydrogens is 338 g/mol. The SMILES string of the molecule is Cc1cnc(C)c(N2CCCC3(CCC(=O)N(Cc4ccncc4)C3)C2)n1. The lowest BCUT2D eigenvalue weighted by Crippen LogP contribution is -2.54. The molecule has 6 heteroatoms. The standard InChI is InChI=1S/C21H27N5O/c1-16-12-23-17(2)20(24-16)25-11-3-7-21(14-25)8-4-19(27)26(15-21)13-18-5-9-22-10-6-18/h5-6,9-10,12H,3-4,7-8,11,13-15H2,1-2H3. The smallest absolute Gasteiger partial charge is 0.222 e. The van der Waals surface area contributed by atoms with Gasteiger partial charge in [-0.05, 0) is 50.8 Å². The molecule has 142 valence electrons. The van der Waals surface area contributed by atoms with Crippen LogP contribution in [0.2, 0.25) is 0 Å². The first-order valence-corrected chi connectivity index (χ1v) is 9.77. The van der Waals surface area contributed by atoms with E-state index in [0.717, 1.165) is 55.2 Å². The number of carbonyl (C=O) groups excluding carboxylic acids is 1. The maximum atomic E-state index is 12.5. The largest absolute Gasteiger partial charge is 0.354 e. The third kappa shape index (κ3) is 3.80. The molecule has 2 aliphatic rings. The van der Waals surface area contributed by atoms with Gasteiger partial charge in [-0.1, -0.05) is 0 Å². The summed E-state index contributed by atoms with van der Waals surface area (Å²) in [6, 6.07) is 3.99. The second-order valence-electron chi connectivity index (χ2n) is 8.05. The molecule has 1 amide bonds. The number of amides is 1. The molecule has 0 radical (unpaired) electrons. The number of likely N-dealkylation sites (tertiary alicyclic amines) is 1. The summed E-state index contributed by atoms with van der Waals surface area (Å²) in [5.74, 6) is 1.27. The average molecular weight is 365 g/mol. The maximum Gasteiger partial charge on any atom is 0.222 e. The van der Waals surface area contributed by atoms with Crippen molar-refractivity contribution in [1.29, 1.82) is 0 Å². The lowest BCUT2D eigenvalue weighted by atomic mass is 9.73. The molecule has 0 bridgehead atoms. The topological polar surface area (TPSA) is 62.2 Å². The molecule has 0 N–H and O–H groups in total. The highest BCUT2D eigenvalue weighted by Gasteiger charge is 2.42. The van der Waals surface area contributed by atoms with Crippen LogP contribution in [0.25, 0.3) is 0 Å². The van der Waals surface area contributed by atoms with Gasteiger partial charge < -0.3 is 9.80 Å². The molecule has 2 aromatic rings. The summed E-state index contributed by atoms with van der Waals surface area (Å²) in [5.41, 5.74) is 3.23. The van der Waals surface area contributed by atoms with Crippen LogP contribution in [-0.2, 0) is 11.3 Å². The number of hydrogen-bond donors (Lipinski definition) is 0. The second-order valence-corrected chi connectivity index (χ2v) is 8.05. The molecule has 6 nitrogen and oxygen atoms in total. The zero-order valence-corrected chi connectivity index (χ0v) is 16.2. The summed E-state index contributed by atoms with van der Waals surface area (Å²) < 4.78 is 0. The van der Waals surface area contributed by atoms with Crippen LogP contribution in [0.4, 0.5) is 5.82 Å². The van der Waals surface area contributed by atoms with Crippen molar-refractivity contribution in [1.82, 2.24) is 19.9 Å². The molecule has 4 rings (SSSR count). The van der Waals surface area contributed by atoms with E-state index in [-0.39, 0.29) is 11.3 Å². The van der Waals surface area contributed by atoms with Crippen molar-refractivity contribution in [3.8, 4) is 0 Å². The number of piperidine rings is 2. The number of anilines is 1. The van der Waals surface area contributed by atoms with Crippen molar-refractivity contribution >= 4 is 11.7 Å². The lowest BCUT2D eigenvalue weighted by Gasteiger charge is -2.48. The van der Waals surface area contributed by atoms with E-state index in [0.29, 0.717) is 13.0 Å². The fourth-order valence-electron chi connectivity index (χ4n) is 4.50. The van der Waals surface area contributed by atoms with Crippen molar-refractivity contribution < 1.29 is 4.79 Å². The van der Waals surface area contributed by atoms with Gasteiger partial charge in [-0.15, -0.1) is 0 Å². The van der Waals surface area contributed by atoms with Gasteiger partial charge in [0.05, 0.1) is 11.4 Å². The van der Waals surface area contributed by atoms with Crippen molar-refractivity contribution in [2.45, 2.75) is 46.1 Å². The van der Waals surface area contributed by atoms with Gasteiger partial charge in [-0.2, -0.15) is 0 Å². The first kappa shape index (κ1) is 17.9. The molecule has 2 fully saturated rings. The average Bonchev–Trinajstić information content (AvgIpc) is 2.68. The van der Waals surface area contributed by atoms with Crippen LogP contribution < -0.4 is 4.90 Å². The van der Waals surface area contributed by atoms with Crippen LogP contribution in [0.1, 0.15) is 42.6 Å². The van der Waals surface area contributed by atoms with Gasteiger partial charge in [0.15, 0.2) is 0 Å². The first-order chi connectivity index (χ1) is 13.0. The highest BCUT2D eigenvalue weighted by atomic mass is 16.2. The summed E-state index contributed by atoms with van der Waals surface area (Å²) in [4.78, 5) is 30.3. The van der Waals surface area contributed by atoms with Crippen molar-refractivity contribution in [2.75, 3.05) is 24.5 Å². The van der Waals surface area contributed by atoms with Crippen LogP contribution in [0.3, 0.4) is 0 Å². The number of aryl methyl sites for hydroxylation is 2. The Morgan fingerprint density at radius 3 is 2.78 bits per heavy atom. The van der Waals surface area contributed by atoms with Gasteiger partial charge in [0.1, 0.15) is 5.82 Å². The lowest BCUT2D eigenvalue weighted by molar-refractivity contribution is -0.138. The van der Waals surface area contributed by atoms with E-state index in [2.05, 4.69) is 14.9 Å². The van der Waals surface area contributed by atoms with Gasteiger partial charge in [-0.3, -0.25) is 14.8 Å². The molecule has 1 spiro atoms. The van der Waals surface area contributed by atoms with Crippen LogP contribution >= 0.6 is 0 Å². The molecule has 1 unspecified atom stereocenters. The predicted octanol–water partition coefficient (Wildman–Crippen LogP) is 2.90. The summed E-state index contributed by atoms with van der Waals surface area (Å²) in [6.07, 6.45) is 9.31. The minimum atomic E-state index is 0.150. The monoisotopic (exact) mass is 365 g/mol. The third-order valence-electron chi connectivity index (χ3n) is 5.88. The maximum absolute atomic E-state index is 12.5. The molecular formula is C21H27N5O. The van der Waals surface area contributed by atoms with E-state index in [1.807, 2.05) is 37.1 Å². The number of nitrogens with zero attached hydrogens (tertiary/aromatic N) is 5. The molecule has 1 atom stereocenters. The van der Waals surface area contributed by atoms with Crippen molar-refractivity contribution in [2.24, 2.45) is 5.41 Å². The summed E-state index contributed by atoms with van der Waals surface area (Å²) in [6.45, 7) is 7.48. The molecule has 0 aliphatic carbocycles. The highest BCUT2D eigenvalue weighted by molar-refractivity contribution is 5.77. The predicted molar refractivity (Wildman–Crippen MR) is 104 cm³/mol. The van der Waals surface area contributed by atoms with Crippen LogP contribution in [0, 0.1) is 19.3 Å². The van der Waals surface area contributed by atoms with Gasteiger partial charge in [0, 0.05) is 56.6 Å². The number of rotatable bonds is 3. The molecule has 27 heavy (non-hydrogen) atoms. The molecule has 0 saturated carbocycles. The Kier molecular flexibility index (Phi) is 4.81. The first-order valence-electron chi connectivity index (χ1n) is 9.77. The van der Waals surface area contributed by atoms with E-state index in [1.165, 1.54) is 6.42 Å². The Bertz CT molecular complexity index is 825. The summed E-state index contributed by atoms with van der Waals surface area (Å²) in [5, 5.41) is 0. The molecule has 2 aromatic heterocycles. The minimum absolute atomic E-state index is 0.150. The fraction of sp³-hybridized carbons (Fsp3) is 0.524. The molecule has 2 aliphatic heterocycles. The van der Waals surface area contributed by atoms with Gasteiger partial charge >= 0.3 is 0 Å². The summed E-state index contributed by atoms with van der Waals surface area (Å²) in [7, 11) is 0. The minimum Gasteiger partial charge on any atom is -0.354 e. The Morgan fingerprint density at radius 1 is 1.15 bits per heavy atom. The van der Waals surface area contributed by atoms with Crippen molar-refractivity contribution in [3.63, 3.8) is 0 Å². The second kappa shape index (κ2) is 7.25. The zero-order chi connectivity index (χ0) is 18.9. The van der Waals surface area contributed by atoms with Gasteiger partial charge in [0.2, 0.25) is 5.91 Å². The quantitative estimate of drug-likeness (QED) is 0.837. The van der Waals surface area contributed by atoms with Gasteiger partial charge in [-0.25, -0.2) is 4.98 Å². The van der Waals surface area contributed by atoms with Crippen LogP contribution in [0.15, 0.2) is 30.7 Å². The normalized spacial score (nSPS) is 23.1. The Morgan fingerprint density at radius 2 is 1.96 bits per heavy atom. The Labute approximate surface area is 160 Å². The number of pyridine rings is 1. The Hall–Kier alpha value is -2.50. The van der Waals surface area contributed by atoms with Crippen LogP contribution in [-0.4, -0.2) is 45.4 Å². The number of carbonyl (C=O) groups is 1. The van der Waals surface area contributed by atoms with Gasteiger partial charge in [0.25, 0.3) is 0 Å². The van der Waals surface area contributed by atoms with E-state index in [9.17, 15) is 4.79 Å². The number of aromatic nitrogens is 3. The van der Waals surface area contributed by atoms with E-state index in [1.54, 1.807) is 12.4 Å². The fourth-order valence-corrected chi connectivity index (χ4v) is 4.50. The number of hydrogen-bond acceptors (Lipinski definition) is 5. The zero-order valence-electron chi connectivity index (χ0n) is 16.2. The van der Waals surface area contributed by atoms with E-state index >= 15 is 0 Å². The third-order valence-corrected chi connectivity index (χ3v) is 5.88. The van der Waals surface area contributed by atoms with E-state index in [4.69, 9.17) is 4.98 Å². The highest BCUT2D eigenvalue weighted by Crippen LogP contribution is 2.40. The summed E-state index contributed by atoms with van der Waals surface area (Å²) >= 11 is 0. The molecule has 4 heterocycles. The van der Waals surface area contributed by atoms with Crippen LogP contribution in [0.5, 0.6) is 0 Å².